The lowest BCUT2D eigenvalue weighted by Gasteiger charge is -2.30. The number of aromatic nitrogens is 1. The number of ether oxygens (including phenoxy) is 1. The smallest absolute Gasteiger partial charge is 0.208 e. The molecule has 0 bridgehead atoms. The van der Waals surface area contributed by atoms with Gasteiger partial charge in [0.15, 0.2) is 0 Å². The highest BCUT2D eigenvalue weighted by atomic mass is 35.5. The van der Waals surface area contributed by atoms with Crippen LogP contribution >= 0.6 is 11.6 Å². The van der Waals surface area contributed by atoms with Crippen molar-refractivity contribution >= 4 is 38.0 Å². The standard InChI is InChI=1S/C22H24ClN3O3S/c1-29-21-7-5-17(13-20(21)25-10-8-24-9-11-25)30(27,28)22-14-26(16-3-4-16)19-6-2-15(23)12-18(19)22/h2,5-7,12-14,16,24H,3-4,8-11H2,1H3. The number of sulfone groups is 1. The van der Waals surface area contributed by atoms with Crippen molar-refractivity contribution in [2.75, 3.05) is 38.2 Å². The summed E-state index contributed by atoms with van der Waals surface area (Å²) in [4.78, 5) is 2.74. The lowest BCUT2D eigenvalue weighted by Crippen LogP contribution is -2.43. The predicted molar refractivity (Wildman–Crippen MR) is 119 cm³/mol. The normalized spacial score (nSPS) is 17.5. The van der Waals surface area contributed by atoms with Gasteiger partial charge < -0.3 is 19.5 Å². The van der Waals surface area contributed by atoms with Crippen molar-refractivity contribution in [1.82, 2.24) is 9.88 Å². The van der Waals surface area contributed by atoms with Gasteiger partial charge in [-0.05, 0) is 49.2 Å². The van der Waals surface area contributed by atoms with E-state index in [4.69, 9.17) is 16.3 Å². The van der Waals surface area contributed by atoms with Gasteiger partial charge >= 0.3 is 0 Å². The second-order valence-corrected chi connectivity index (χ2v) is 10.2. The van der Waals surface area contributed by atoms with E-state index in [0.717, 1.165) is 50.2 Å². The van der Waals surface area contributed by atoms with Crippen molar-refractivity contribution in [2.24, 2.45) is 0 Å². The third kappa shape index (κ3) is 3.35. The Labute approximate surface area is 181 Å². The molecular weight excluding hydrogens is 422 g/mol. The van der Waals surface area contributed by atoms with Crippen molar-refractivity contribution in [1.29, 1.82) is 0 Å². The SMILES string of the molecule is COc1ccc(S(=O)(=O)c2cn(C3CC3)c3ccc(Cl)cc23)cc1N1CCNCC1. The van der Waals surface area contributed by atoms with Crippen LogP contribution < -0.4 is 15.0 Å². The van der Waals surface area contributed by atoms with Crippen LogP contribution in [0.4, 0.5) is 5.69 Å². The minimum absolute atomic E-state index is 0.270. The molecule has 0 spiro atoms. The minimum atomic E-state index is -3.73. The van der Waals surface area contributed by atoms with E-state index >= 15 is 0 Å². The number of halogens is 1. The average molecular weight is 446 g/mol. The molecule has 1 aliphatic heterocycles. The third-order valence-corrected chi connectivity index (χ3v) is 7.92. The summed E-state index contributed by atoms with van der Waals surface area (Å²) in [7, 11) is -2.12. The van der Waals surface area contributed by atoms with E-state index in [9.17, 15) is 8.42 Å². The fourth-order valence-corrected chi connectivity index (χ4v) is 5.83. The highest BCUT2D eigenvalue weighted by molar-refractivity contribution is 7.91. The van der Waals surface area contributed by atoms with E-state index in [1.165, 1.54) is 0 Å². The Bertz CT molecular complexity index is 1210. The molecule has 5 rings (SSSR count). The molecule has 2 heterocycles. The molecule has 0 unspecified atom stereocenters. The molecule has 1 saturated heterocycles. The van der Waals surface area contributed by atoms with Crippen LogP contribution in [0.1, 0.15) is 18.9 Å². The van der Waals surface area contributed by atoms with Gasteiger partial charge in [0, 0.05) is 54.3 Å². The van der Waals surface area contributed by atoms with Crippen LogP contribution in [-0.4, -0.2) is 46.3 Å². The zero-order valence-corrected chi connectivity index (χ0v) is 18.3. The number of hydrogen-bond donors (Lipinski definition) is 1. The Morgan fingerprint density at radius 1 is 1.10 bits per heavy atom. The van der Waals surface area contributed by atoms with Gasteiger partial charge in [-0.15, -0.1) is 0 Å². The predicted octanol–water partition coefficient (Wildman–Crippen LogP) is 3.88. The molecule has 3 aromatic rings. The number of methoxy groups -OCH3 is 1. The molecule has 1 aliphatic carbocycles. The van der Waals surface area contributed by atoms with Crippen LogP contribution in [0.5, 0.6) is 5.75 Å². The van der Waals surface area contributed by atoms with Crippen LogP contribution in [0, 0.1) is 0 Å². The Kier molecular flexibility index (Phi) is 4.92. The number of nitrogens with one attached hydrogen (secondary N) is 1. The molecule has 2 aliphatic rings. The number of anilines is 1. The summed E-state index contributed by atoms with van der Waals surface area (Å²) in [5.74, 6) is 0.680. The first-order valence-electron chi connectivity index (χ1n) is 10.2. The van der Waals surface area contributed by atoms with Gasteiger partial charge in [0.2, 0.25) is 9.84 Å². The van der Waals surface area contributed by atoms with Gasteiger partial charge in [-0.3, -0.25) is 0 Å². The monoisotopic (exact) mass is 445 g/mol. The van der Waals surface area contributed by atoms with Gasteiger partial charge in [0.25, 0.3) is 0 Å². The number of fused-ring (bicyclic) bond motifs is 1. The largest absolute Gasteiger partial charge is 0.495 e. The molecule has 0 amide bonds. The third-order valence-electron chi connectivity index (χ3n) is 5.91. The average Bonchev–Trinajstić information content (AvgIpc) is 3.54. The van der Waals surface area contributed by atoms with E-state index in [1.54, 1.807) is 37.6 Å². The maximum Gasteiger partial charge on any atom is 0.208 e. The zero-order chi connectivity index (χ0) is 20.9. The fourth-order valence-electron chi connectivity index (χ4n) is 4.18. The molecule has 2 fully saturated rings. The topological polar surface area (TPSA) is 63.6 Å². The molecule has 1 aromatic heterocycles. The van der Waals surface area contributed by atoms with E-state index in [0.29, 0.717) is 27.1 Å². The highest BCUT2D eigenvalue weighted by Crippen LogP contribution is 2.42. The van der Waals surface area contributed by atoms with Crippen molar-refractivity contribution in [3.8, 4) is 5.75 Å². The highest BCUT2D eigenvalue weighted by Gasteiger charge is 2.30. The Morgan fingerprint density at radius 2 is 1.87 bits per heavy atom. The van der Waals surface area contributed by atoms with Crippen LogP contribution in [0.3, 0.4) is 0 Å². The first kappa shape index (κ1) is 19.7. The quantitative estimate of drug-likeness (QED) is 0.645. The molecule has 2 aromatic carbocycles. The Morgan fingerprint density at radius 3 is 2.57 bits per heavy atom. The lowest BCUT2D eigenvalue weighted by atomic mass is 10.2. The zero-order valence-electron chi connectivity index (χ0n) is 16.8. The lowest BCUT2D eigenvalue weighted by molar-refractivity contribution is 0.412. The molecular formula is C22H24ClN3O3S. The van der Waals surface area contributed by atoms with Crippen LogP contribution in [-0.2, 0) is 9.84 Å². The molecule has 0 radical (unpaired) electrons. The molecule has 30 heavy (non-hydrogen) atoms. The summed E-state index contributed by atoms with van der Waals surface area (Å²) in [5.41, 5.74) is 1.72. The van der Waals surface area contributed by atoms with Gasteiger partial charge in [-0.2, -0.15) is 0 Å². The Hall–Kier alpha value is -2.22. The van der Waals surface area contributed by atoms with Crippen molar-refractivity contribution < 1.29 is 13.2 Å². The van der Waals surface area contributed by atoms with Crippen LogP contribution in [0.25, 0.3) is 10.9 Å². The Balaban J connectivity index is 1.64. The van der Waals surface area contributed by atoms with E-state index in [1.807, 2.05) is 12.1 Å². The summed E-state index contributed by atoms with van der Waals surface area (Å²) in [6.45, 7) is 3.31. The number of benzene rings is 2. The van der Waals surface area contributed by atoms with Crippen molar-refractivity contribution in [2.45, 2.75) is 28.7 Å². The molecule has 158 valence electrons. The van der Waals surface area contributed by atoms with E-state index in [2.05, 4.69) is 14.8 Å². The number of rotatable bonds is 5. The molecule has 6 nitrogen and oxygen atoms in total. The number of piperazine rings is 1. The number of hydrogen-bond acceptors (Lipinski definition) is 5. The summed E-state index contributed by atoms with van der Waals surface area (Å²) in [6, 6.07) is 11.0. The van der Waals surface area contributed by atoms with Crippen molar-refractivity contribution in [3.05, 3.63) is 47.6 Å². The summed E-state index contributed by atoms with van der Waals surface area (Å²) >= 11 is 6.22. The second kappa shape index (κ2) is 7.48. The summed E-state index contributed by atoms with van der Waals surface area (Å²) in [6.07, 6.45) is 3.92. The first-order chi connectivity index (χ1) is 14.5. The van der Waals surface area contributed by atoms with E-state index in [-0.39, 0.29) is 4.90 Å². The van der Waals surface area contributed by atoms with Crippen LogP contribution in [0.2, 0.25) is 5.02 Å². The molecule has 1 N–H and O–H groups in total. The van der Waals surface area contributed by atoms with Gasteiger partial charge in [0.05, 0.1) is 22.6 Å². The molecule has 0 atom stereocenters. The minimum Gasteiger partial charge on any atom is -0.495 e. The maximum absolute atomic E-state index is 13.7. The fraction of sp³-hybridized carbons (Fsp3) is 0.364. The number of nitrogens with zero attached hydrogens (tertiary/aromatic N) is 2. The molecule has 1 saturated carbocycles. The summed E-state index contributed by atoms with van der Waals surface area (Å²) in [5, 5.41) is 4.53. The first-order valence-corrected chi connectivity index (χ1v) is 12.0. The summed E-state index contributed by atoms with van der Waals surface area (Å²) < 4.78 is 35.0. The van der Waals surface area contributed by atoms with Gasteiger partial charge in [0.1, 0.15) is 5.75 Å². The molecule has 8 heteroatoms. The van der Waals surface area contributed by atoms with Gasteiger partial charge in [-0.1, -0.05) is 11.6 Å². The van der Waals surface area contributed by atoms with E-state index < -0.39 is 9.84 Å². The maximum atomic E-state index is 13.7. The van der Waals surface area contributed by atoms with Crippen LogP contribution in [0.15, 0.2) is 52.4 Å². The van der Waals surface area contributed by atoms with Gasteiger partial charge in [-0.25, -0.2) is 8.42 Å². The second-order valence-electron chi connectivity index (χ2n) is 7.87. The van der Waals surface area contributed by atoms with Crippen molar-refractivity contribution in [3.63, 3.8) is 0 Å².